The SMILES string of the molecule is COC(=O)CCc1c(C)nn(-c2ccc(C(=O)NCC3(N4CCOCC4)CCSC3)cc2)c1C. The second kappa shape index (κ2) is 10.9. The number of methoxy groups -OCH3 is 1. The van der Waals surface area contributed by atoms with Gasteiger partial charge in [0.2, 0.25) is 0 Å². The molecule has 2 aliphatic rings. The van der Waals surface area contributed by atoms with Gasteiger partial charge in [0.15, 0.2) is 0 Å². The summed E-state index contributed by atoms with van der Waals surface area (Å²) < 4.78 is 12.2. The molecule has 0 saturated carbocycles. The van der Waals surface area contributed by atoms with Crippen molar-refractivity contribution in [1.29, 1.82) is 0 Å². The van der Waals surface area contributed by atoms with Crippen molar-refractivity contribution in [3.05, 3.63) is 46.8 Å². The third-order valence-electron chi connectivity index (χ3n) is 6.96. The number of morpholine rings is 1. The summed E-state index contributed by atoms with van der Waals surface area (Å²) in [5, 5.41) is 7.85. The van der Waals surface area contributed by atoms with Crippen molar-refractivity contribution in [2.24, 2.45) is 0 Å². The molecule has 1 aromatic carbocycles. The molecule has 0 spiro atoms. The van der Waals surface area contributed by atoms with Crippen LogP contribution in [0.4, 0.5) is 0 Å². The third-order valence-corrected chi connectivity index (χ3v) is 8.20. The van der Waals surface area contributed by atoms with Gasteiger partial charge in [-0.15, -0.1) is 0 Å². The van der Waals surface area contributed by atoms with E-state index >= 15 is 0 Å². The molecule has 1 amide bonds. The Kier molecular flexibility index (Phi) is 7.95. The lowest BCUT2D eigenvalue weighted by Crippen LogP contribution is -2.59. The number of aryl methyl sites for hydroxylation is 1. The predicted octanol–water partition coefficient (Wildman–Crippen LogP) is 2.53. The predicted molar refractivity (Wildman–Crippen MR) is 133 cm³/mol. The molecule has 9 heteroatoms. The van der Waals surface area contributed by atoms with E-state index in [0.29, 0.717) is 24.9 Å². The Bertz CT molecular complexity index is 1010. The van der Waals surface area contributed by atoms with Gasteiger partial charge in [-0.25, -0.2) is 4.68 Å². The summed E-state index contributed by atoms with van der Waals surface area (Å²) in [5.41, 5.74) is 4.48. The fourth-order valence-corrected chi connectivity index (χ4v) is 6.33. The number of carbonyl (C=O) groups excluding carboxylic acids is 2. The maximum Gasteiger partial charge on any atom is 0.305 e. The molecule has 2 aromatic rings. The topological polar surface area (TPSA) is 85.7 Å². The summed E-state index contributed by atoms with van der Waals surface area (Å²) in [6.45, 7) is 7.98. The van der Waals surface area contributed by atoms with Gasteiger partial charge in [0.1, 0.15) is 0 Å². The molecule has 0 aliphatic carbocycles. The van der Waals surface area contributed by atoms with Crippen molar-refractivity contribution in [2.45, 2.75) is 38.6 Å². The highest BCUT2D eigenvalue weighted by molar-refractivity contribution is 7.99. The van der Waals surface area contributed by atoms with Gasteiger partial charge in [-0.1, -0.05) is 0 Å². The molecule has 2 saturated heterocycles. The Hall–Kier alpha value is -2.36. The number of nitrogens with zero attached hydrogens (tertiary/aromatic N) is 3. The number of hydrogen-bond acceptors (Lipinski definition) is 7. The molecule has 0 radical (unpaired) electrons. The van der Waals surface area contributed by atoms with Crippen LogP contribution in [0.3, 0.4) is 0 Å². The molecular weight excluding hydrogens is 452 g/mol. The molecule has 34 heavy (non-hydrogen) atoms. The fourth-order valence-electron chi connectivity index (χ4n) is 4.85. The number of hydrogen-bond donors (Lipinski definition) is 1. The number of benzene rings is 1. The van der Waals surface area contributed by atoms with Crippen LogP contribution in [0.2, 0.25) is 0 Å². The number of ether oxygens (including phenoxy) is 2. The van der Waals surface area contributed by atoms with Crippen LogP contribution in [0.1, 0.15) is 40.2 Å². The second-order valence-electron chi connectivity index (χ2n) is 8.99. The van der Waals surface area contributed by atoms with E-state index in [0.717, 1.165) is 66.9 Å². The van der Waals surface area contributed by atoms with Crippen LogP contribution >= 0.6 is 11.8 Å². The average molecular weight is 487 g/mol. The van der Waals surface area contributed by atoms with Crippen molar-refractivity contribution in [3.63, 3.8) is 0 Å². The Morgan fingerprint density at radius 2 is 1.94 bits per heavy atom. The van der Waals surface area contributed by atoms with Crippen molar-refractivity contribution in [2.75, 3.05) is 51.5 Å². The number of amides is 1. The molecule has 1 aromatic heterocycles. The Balaban J connectivity index is 1.41. The first kappa shape index (κ1) is 24.8. The number of aromatic nitrogens is 2. The molecule has 1 N–H and O–H groups in total. The highest BCUT2D eigenvalue weighted by Gasteiger charge is 2.40. The highest BCUT2D eigenvalue weighted by atomic mass is 32.2. The molecule has 184 valence electrons. The Morgan fingerprint density at radius 1 is 1.21 bits per heavy atom. The zero-order valence-electron chi connectivity index (χ0n) is 20.3. The molecule has 1 unspecified atom stereocenters. The van der Waals surface area contributed by atoms with Crippen molar-refractivity contribution in [1.82, 2.24) is 20.0 Å². The van der Waals surface area contributed by atoms with E-state index < -0.39 is 0 Å². The average Bonchev–Trinajstić information content (AvgIpc) is 3.47. The fraction of sp³-hybridized carbons (Fsp3) is 0.560. The lowest BCUT2D eigenvalue weighted by atomic mass is 9.95. The first-order valence-electron chi connectivity index (χ1n) is 11.8. The van der Waals surface area contributed by atoms with Crippen LogP contribution < -0.4 is 5.32 Å². The van der Waals surface area contributed by atoms with E-state index in [2.05, 4.69) is 15.3 Å². The molecule has 3 heterocycles. The molecular formula is C25H34N4O4S. The van der Waals surface area contributed by atoms with Crippen molar-refractivity contribution in [3.8, 4) is 5.69 Å². The zero-order valence-corrected chi connectivity index (χ0v) is 21.1. The van der Waals surface area contributed by atoms with E-state index in [9.17, 15) is 9.59 Å². The summed E-state index contributed by atoms with van der Waals surface area (Å²) in [4.78, 5) is 27.0. The third kappa shape index (κ3) is 5.31. The van der Waals surface area contributed by atoms with Crippen molar-refractivity contribution >= 4 is 23.6 Å². The summed E-state index contributed by atoms with van der Waals surface area (Å²) >= 11 is 1.96. The Morgan fingerprint density at radius 3 is 2.59 bits per heavy atom. The molecule has 2 fully saturated rings. The summed E-state index contributed by atoms with van der Waals surface area (Å²) in [6, 6.07) is 7.53. The number of esters is 1. The summed E-state index contributed by atoms with van der Waals surface area (Å²) in [6.07, 6.45) is 2.01. The molecule has 8 nitrogen and oxygen atoms in total. The highest BCUT2D eigenvalue weighted by Crippen LogP contribution is 2.33. The summed E-state index contributed by atoms with van der Waals surface area (Å²) in [5.74, 6) is 1.89. The minimum Gasteiger partial charge on any atom is -0.469 e. The van der Waals surface area contributed by atoms with Gasteiger partial charge in [0, 0.05) is 48.6 Å². The van der Waals surface area contributed by atoms with Crippen LogP contribution in [-0.4, -0.2) is 83.6 Å². The van der Waals surface area contributed by atoms with Crippen LogP contribution in [0, 0.1) is 13.8 Å². The first-order valence-corrected chi connectivity index (χ1v) is 13.0. The zero-order chi connectivity index (χ0) is 24.1. The molecule has 4 rings (SSSR count). The Labute approximate surface area is 205 Å². The van der Waals surface area contributed by atoms with E-state index in [-0.39, 0.29) is 17.4 Å². The lowest BCUT2D eigenvalue weighted by molar-refractivity contribution is -0.140. The molecule has 1 atom stereocenters. The first-order chi connectivity index (χ1) is 16.4. The normalized spacial score (nSPS) is 20.9. The molecule has 0 bridgehead atoms. The van der Waals surface area contributed by atoms with Gasteiger partial charge in [-0.2, -0.15) is 16.9 Å². The maximum atomic E-state index is 12.9. The van der Waals surface area contributed by atoms with Gasteiger partial charge >= 0.3 is 5.97 Å². The maximum absolute atomic E-state index is 12.9. The van der Waals surface area contributed by atoms with Gasteiger partial charge in [-0.05, 0) is 62.3 Å². The number of carbonyl (C=O) groups is 2. The van der Waals surface area contributed by atoms with Crippen LogP contribution in [0.5, 0.6) is 0 Å². The second-order valence-corrected chi connectivity index (χ2v) is 10.1. The van der Waals surface area contributed by atoms with E-state index in [1.807, 2.05) is 54.6 Å². The number of rotatable bonds is 8. The molecule has 2 aliphatic heterocycles. The number of nitrogens with one attached hydrogen (secondary N) is 1. The van der Waals surface area contributed by atoms with Gasteiger partial charge < -0.3 is 14.8 Å². The quantitative estimate of drug-likeness (QED) is 0.574. The van der Waals surface area contributed by atoms with Crippen LogP contribution in [0.15, 0.2) is 24.3 Å². The lowest BCUT2D eigenvalue weighted by Gasteiger charge is -2.43. The van der Waals surface area contributed by atoms with E-state index in [1.165, 1.54) is 7.11 Å². The minimum atomic E-state index is -0.228. The van der Waals surface area contributed by atoms with E-state index in [4.69, 9.17) is 9.47 Å². The van der Waals surface area contributed by atoms with Gasteiger partial charge in [-0.3, -0.25) is 14.5 Å². The smallest absolute Gasteiger partial charge is 0.305 e. The van der Waals surface area contributed by atoms with Gasteiger partial charge in [0.05, 0.1) is 31.7 Å². The summed E-state index contributed by atoms with van der Waals surface area (Å²) in [7, 11) is 1.40. The van der Waals surface area contributed by atoms with E-state index in [1.54, 1.807) is 0 Å². The largest absolute Gasteiger partial charge is 0.469 e. The minimum absolute atomic E-state index is 0.0222. The monoisotopic (exact) mass is 486 g/mol. The van der Waals surface area contributed by atoms with Crippen LogP contribution in [0.25, 0.3) is 5.69 Å². The number of thioether (sulfide) groups is 1. The van der Waals surface area contributed by atoms with Crippen LogP contribution in [-0.2, 0) is 20.7 Å². The van der Waals surface area contributed by atoms with Gasteiger partial charge in [0.25, 0.3) is 5.91 Å². The van der Waals surface area contributed by atoms with Crippen molar-refractivity contribution < 1.29 is 19.1 Å². The standard InChI is InChI=1S/C25H34N4O4S/c1-18-22(8-9-23(30)32-3)19(2)29(27-18)21-6-4-20(5-7-21)24(31)26-16-25(10-15-34-17-25)28-11-13-33-14-12-28/h4-7H,8-17H2,1-3H3,(H,26,31).